The van der Waals surface area contributed by atoms with Crippen molar-refractivity contribution in [1.82, 2.24) is 0 Å². The van der Waals surface area contributed by atoms with Gasteiger partial charge < -0.3 is 0 Å². The van der Waals surface area contributed by atoms with Crippen molar-refractivity contribution >= 4 is 11.6 Å². The molecule has 2 heteroatoms. The molecule has 0 bridgehead atoms. The maximum Gasteiger partial charge on any atom is 0.142 e. The van der Waals surface area contributed by atoms with Gasteiger partial charge in [0, 0.05) is 0 Å². The lowest BCUT2D eigenvalue weighted by Gasteiger charge is -2.32. The summed E-state index contributed by atoms with van der Waals surface area (Å²) in [6.07, 6.45) is 14.0. The second-order valence-electron chi connectivity index (χ2n) is 8.21. The van der Waals surface area contributed by atoms with E-state index in [0.717, 1.165) is 30.7 Å². The van der Waals surface area contributed by atoms with Gasteiger partial charge >= 0.3 is 0 Å². The normalized spacial score (nSPS) is 21.9. The fourth-order valence-corrected chi connectivity index (χ4v) is 5.16. The maximum atomic E-state index is 13.9. The Morgan fingerprint density at radius 1 is 1.04 bits per heavy atom. The van der Waals surface area contributed by atoms with Crippen LogP contribution in [0.4, 0.5) is 4.39 Å². The molecule has 0 nitrogen and oxygen atoms in total. The second kappa shape index (κ2) is 8.19. The Kier molecular flexibility index (Phi) is 5.68. The first-order chi connectivity index (χ1) is 13.2. The van der Waals surface area contributed by atoms with Crippen LogP contribution in [0.3, 0.4) is 0 Å². The first kappa shape index (κ1) is 18.7. The molecule has 4 rings (SSSR count). The highest BCUT2D eigenvalue weighted by molar-refractivity contribution is 6.30. The minimum absolute atomic E-state index is 0.216. The molecular formula is C25H28ClF. The van der Waals surface area contributed by atoms with Crippen molar-refractivity contribution in [3.63, 3.8) is 0 Å². The van der Waals surface area contributed by atoms with Crippen LogP contribution < -0.4 is 0 Å². The van der Waals surface area contributed by atoms with Gasteiger partial charge in [-0.1, -0.05) is 42.0 Å². The number of rotatable bonds is 4. The molecule has 0 saturated carbocycles. The van der Waals surface area contributed by atoms with E-state index in [-0.39, 0.29) is 10.8 Å². The molecule has 2 aliphatic carbocycles. The molecule has 0 heterocycles. The van der Waals surface area contributed by atoms with Crippen LogP contribution >= 0.6 is 11.6 Å². The fraction of sp³-hybridized carbons (Fsp3) is 0.440. The number of allylic oxidation sites excluding steroid dienone is 2. The molecule has 0 aromatic heterocycles. The average Bonchev–Trinajstić information content (AvgIpc) is 2.69. The Morgan fingerprint density at radius 3 is 2.52 bits per heavy atom. The van der Waals surface area contributed by atoms with E-state index in [0.29, 0.717) is 5.92 Å². The lowest BCUT2D eigenvalue weighted by atomic mass is 9.73. The molecule has 0 N–H and O–H groups in total. The molecule has 2 aliphatic rings. The number of halogens is 2. The topological polar surface area (TPSA) is 0 Å². The zero-order chi connectivity index (χ0) is 18.8. The van der Waals surface area contributed by atoms with Gasteiger partial charge in [-0.05, 0) is 110 Å². The summed E-state index contributed by atoms with van der Waals surface area (Å²) >= 11 is 5.85. The Labute approximate surface area is 167 Å². The largest absolute Gasteiger partial charge is 0.205 e. The van der Waals surface area contributed by atoms with Gasteiger partial charge in [-0.15, -0.1) is 0 Å². The molecule has 2 aromatic carbocycles. The minimum Gasteiger partial charge on any atom is -0.205 e. The van der Waals surface area contributed by atoms with E-state index in [1.807, 2.05) is 6.07 Å². The quantitative estimate of drug-likeness (QED) is 0.490. The van der Waals surface area contributed by atoms with Gasteiger partial charge in [-0.25, -0.2) is 4.39 Å². The number of fused-ring (bicyclic) bond motifs is 3. The summed E-state index contributed by atoms with van der Waals surface area (Å²) in [4.78, 5) is 0. The molecule has 0 aliphatic heterocycles. The van der Waals surface area contributed by atoms with E-state index in [2.05, 4.69) is 31.2 Å². The highest BCUT2D eigenvalue weighted by Gasteiger charge is 2.27. The smallest absolute Gasteiger partial charge is 0.142 e. The molecule has 2 atom stereocenters. The molecule has 0 saturated heterocycles. The van der Waals surface area contributed by atoms with Crippen LogP contribution in [0.1, 0.15) is 66.3 Å². The van der Waals surface area contributed by atoms with Crippen molar-refractivity contribution in [3.05, 3.63) is 81.1 Å². The molecule has 27 heavy (non-hydrogen) atoms. The van der Waals surface area contributed by atoms with E-state index < -0.39 is 0 Å². The summed E-state index contributed by atoms with van der Waals surface area (Å²) in [6, 6.07) is 10.0. The second-order valence-corrected chi connectivity index (χ2v) is 8.62. The Hall–Kier alpha value is -1.60. The maximum absolute atomic E-state index is 13.9. The minimum atomic E-state index is -0.297. The molecule has 0 radical (unpaired) electrons. The van der Waals surface area contributed by atoms with Crippen LogP contribution in [0, 0.1) is 11.7 Å². The van der Waals surface area contributed by atoms with Crippen molar-refractivity contribution in [2.24, 2.45) is 5.92 Å². The predicted molar refractivity (Wildman–Crippen MR) is 112 cm³/mol. The summed E-state index contributed by atoms with van der Waals surface area (Å²) in [5.41, 5.74) is 7.39. The third-order valence-corrected chi connectivity index (χ3v) is 6.84. The van der Waals surface area contributed by atoms with Crippen molar-refractivity contribution < 1.29 is 4.39 Å². The van der Waals surface area contributed by atoms with Gasteiger partial charge in [0.1, 0.15) is 5.82 Å². The Balaban J connectivity index is 1.51. The summed E-state index contributed by atoms with van der Waals surface area (Å²) in [5.74, 6) is 0.939. The third kappa shape index (κ3) is 3.99. The van der Waals surface area contributed by atoms with Gasteiger partial charge in [0.05, 0.1) is 5.02 Å². The molecule has 0 unspecified atom stereocenters. The van der Waals surface area contributed by atoms with Crippen LogP contribution in [0.5, 0.6) is 0 Å². The van der Waals surface area contributed by atoms with E-state index >= 15 is 0 Å². The van der Waals surface area contributed by atoms with E-state index in [1.165, 1.54) is 37.7 Å². The van der Waals surface area contributed by atoms with E-state index in [9.17, 15) is 4.39 Å². The zero-order valence-electron chi connectivity index (χ0n) is 16.1. The van der Waals surface area contributed by atoms with Crippen molar-refractivity contribution in [3.8, 4) is 0 Å². The summed E-state index contributed by atoms with van der Waals surface area (Å²) in [5, 5.41) is 0.216. The lowest BCUT2D eigenvalue weighted by Crippen LogP contribution is -2.20. The molecule has 0 fully saturated rings. The van der Waals surface area contributed by atoms with Gasteiger partial charge in [-0.3, -0.25) is 0 Å². The SMILES string of the molecule is C/C=C/CC[C@H]1CCc2c(ccc3c2CC[C@H](c2ccc(Cl)c(F)c2)C3)C1. The standard InChI is InChI=1S/C25H28ClF/c1-2-3-4-5-17-6-11-22-20(14-17)7-8-21-15-18(9-12-23(21)22)19-10-13-24(26)25(27)16-19/h2-3,7-8,10,13,16-18H,4-6,9,11-12,14-15H2,1H3/b3-2+/t17-,18-/m0/s1. The molecule has 0 amide bonds. The van der Waals surface area contributed by atoms with Gasteiger partial charge in [0.25, 0.3) is 0 Å². The lowest BCUT2D eigenvalue weighted by molar-refractivity contribution is 0.427. The molecule has 2 aromatic rings. The van der Waals surface area contributed by atoms with Crippen LogP contribution in [0.2, 0.25) is 5.02 Å². The molecule has 0 spiro atoms. The summed E-state index contributed by atoms with van der Waals surface area (Å²) in [6.45, 7) is 2.11. The molecular weight excluding hydrogens is 355 g/mol. The van der Waals surface area contributed by atoms with E-state index in [1.54, 1.807) is 28.8 Å². The van der Waals surface area contributed by atoms with Crippen molar-refractivity contribution in [2.75, 3.05) is 0 Å². The van der Waals surface area contributed by atoms with E-state index in [4.69, 9.17) is 11.6 Å². The first-order valence-corrected chi connectivity index (χ1v) is 10.7. The Bertz CT molecular complexity index is 852. The van der Waals surface area contributed by atoms with Crippen molar-refractivity contribution in [2.45, 2.75) is 64.2 Å². The van der Waals surface area contributed by atoms with Crippen LogP contribution in [0.25, 0.3) is 0 Å². The predicted octanol–water partition coefficient (Wildman–Crippen LogP) is 7.21. The van der Waals surface area contributed by atoms with Gasteiger partial charge in [0.15, 0.2) is 0 Å². The van der Waals surface area contributed by atoms with Crippen molar-refractivity contribution in [1.29, 1.82) is 0 Å². The zero-order valence-corrected chi connectivity index (χ0v) is 16.9. The van der Waals surface area contributed by atoms with Gasteiger partial charge in [-0.2, -0.15) is 0 Å². The molecule has 142 valence electrons. The number of hydrogen-bond acceptors (Lipinski definition) is 0. The Morgan fingerprint density at radius 2 is 1.78 bits per heavy atom. The number of hydrogen-bond donors (Lipinski definition) is 0. The third-order valence-electron chi connectivity index (χ3n) is 6.54. The van der Waals surface area contributed by atoms with Gasteiger partial charge in [0.2, 0.25) is 0 Å². The van der Waals surface area contributed by atoms with Crippen LogP contribution in [0.15, 0.2) is 42.5 Å². The van der Waals surface area contributed by atoms with Crippen LogP contribution in [-0.4, -0.2) is 0 Å². The highest BCUT2D eigenvalue weighted by Crippen LogP contribution is 2.39. The summed E-state index contributed by atoms with van der Waals surface area (Å²) in [7, 11) is 0. The first-order valence-electron chi connectivity index (χ1n) is 10.3. The average molecular weight is 383 g/mol. The fourth-order valence-electron chi connectivity index (χ4n) is 5.04. The highest BCUT2D eigenvalue weighted by atomic mass is 35.5. The monoisotopic (exact) mass is 382 g/mol. The number of benzene rings is 2. The summed E-state index contributed by atoms with van der Waals surface area (Å²) < 4.78 is 13.9. The van der Waals surface area contributed by atoms with Crippen LogP contribution in [-0.2, 0) is 25.7 Å².